The van der Waals surface area contributed by atoms with Crippen LogP contribution >= 0.6 is 0 Å². The maximum Gasteiger partial charge on any atom is 0.416 e. The Kier molecular flexibility index (Phi) is 6.12. The topological polar surface area (TPSA) is 76.3 Å². The molecule has 0 amide bonds. The second-order valence-corrected chi connectivity index (χ2v) is 10.3. The number of nitroso groups, excluding NO2 is 1. The van der Waals surface area contributed by atoms with Gasteiger partial charge in [0, 0.05) is 29.9 Å². The molecule has 196 valence electrons. The van der Waals surface area contributed by atoms with Crippen molar-refractivity contribution in [1.82, 2.24) is 19.5 Å². The Hall–Kier alpha value is -3.82. The number of anilines is 1. The standard InChI is InChI=1S/C28H27F3N6O/c1-17-5-2-8-20(15-17)25-32-24-23(37(25)16-18-10-12-21(13-11-18)28(29,30)31)26(34-27(33-24)35-38)36-14-4-9-22(36)19-6-3-7-19/h2,5,8,10-13,15,19,22H,3-4,6-7,9,14,16H2,1H3. The highest BCUT2D eigenvalue weighted by atomic mass is 19.4. The highest BCUT2D eigenvalue weighted by molar-refractivity contribution is 5.89. The lowest BCUT2D eigenvalue weighted by Crippen LogP contribution is -2.39. The Morgan fingerprint density at radius 1 is 1.00 bits per heavy atom. The Labute approximate surface area is 217 Å². The normalized spacial score (nSPS) is 18.2. The molecule has 38 heavy (non-hydrogen) atoms. The molecular weight excluding hydrogens is 493 g/mol. The number of nitrogens with zero attached hydrogens (tertiary/aromatic N) is 6. The quantitative estimate of drug-likeness (QED) is 0.255. The van der Waals surface area contributed by atoms with Crippen molar-refractivity contribution < 1.29 is 13.2 Å². The number of benzene rings is 2. The van der Waals surface area contributed by atoms with Gasteiger partial charge in [-0.05, 0) is 62.3 Å². The van der Waals surface area contributed by atoms with E-state index in [1.807, 2.05) is 35.8 Å². The Balaban J connectivity index is 1.54. The van der Waals surface area contributed by atoms with Crippen molar-refractivity contribution >= 4 is 22.9 Å². The maximum absolute atomic E-state index is 13.2. The van der Waals surface area contributed by atoms with Crippen LogP contribution in [-0.4, -0.2) is 32.1 Å². The summed E-state index contributed by atoms with van der Waals surface area (Å²) in [6.45, 7) is 3.06. The minimum atomic E-state index is -4.40. The number of aryl methyl sites for hydroxylation is 1. The van der Waals surface area contributed by atoms with E-state index in [0.29, 0.717) is 40.3 Å². The molecule has 1 aliphatic heterocycles. The van der Waals surface area contributed by atoms with Gasteiger partial charge in [0.05, 0.1) is 5.56 Å². The summed E-state index contributed by atoms with van der Waals surface area (Å²) in [5.41, 5.74) is 2.90. The predicted molar refractivity (Wildman–Crippen MR) is 139 cm³/mol. The number of imidazole rings is 1. The van der Waals surface area contributed by atoms with Crippen molar-refractivity contribution in [2.24, 2.45) is 11.1 Å². The molecule has 1 saturated carbocycles. The zero-order valence-corrected chi connectivity index (χ0v) is 20.9. The fraction of sp³-hybridized carbons (Fsp3) is 0.393. The van der Waals surface area contributed by atoms with E-state index in [9.17, 15) is 18.1 Å². The molecule has 2 fully saturated rings. The molecule has 1 aliphatic carbocycles. The van der Waals surface area contributed by atoms with Gasteiger partial charge >= 0.3 is 6.18 Å². The molecule has 10 heteroatoms. The van der Waals surface area contributed by atoms with Crippen molar-refractivity contribution in [2.75, 3.05) is 11.4 Å². The number of alkyl halides is 3. The molecule has 0 N–H and O–H groups in total. The van der Waals surface area contributed by atoms with Gasteiger partial charge < -0.3 is 9.47 Å². The zero-order valence-electron chi connectivity index (χ0n) is 20.9. The molecule has 2 aromatic heterocycles. The minimum Gasteiger partial charge on any atom is -0.351 e. The molecular formula is C28H27F3N6O. The SMILES string of the molecule is Cc1cccc(-c2nc3nc(N=O)nc(N4CCCC4C4CCC4)c3n2Cc2ccc(C(F)(F)F)cc2)c1. The van der Waals surface area contributed by atoms with Crippen LogP contribution < -0.4 is 4.90 Å². The van der Waals surface area contributed by atoms with Crippen LogP contribution in [0.1, 0.15) is 48.8 Å². The van der Waals surface area contributed by atoms with Crippen LogP contribution in [0.2, 0.25) is 0 Å². The van der Waals surface area contributed by atoms with Crippen molar-refractivity contribution in [3.8, 4) is 11.4 Å². The third-order valence-corrected chi connectivity index (χ3v) is 7.82. The summed E-state index contributed by atoms with van der Waals surface area (Å²) in [6.07, 6.45) is 1.24. The van der Waals surface area contributed by atoms with Crippen LogP contribution in [0, 0.1) is 17.7 Å². The highest BCUT2D eigenvalue weighted by Gasteiger charge is 2.37. The third-order valence-electron chi connectivity index (χ3n) is 7.82. The van der Waals surface area contributed by atoms with E-state index >= 15 is 0 Å². The molecule has 0 spiro atoms. The summed E-state index contributed by atoms with van der Waals surface area (Å²) in [5.74, 6) is 1.65. The largest absolute Gasteiger partial charge is 0.416 e. The first-order valence-corrected chi connectivity index (χ1v) is 12.9. The first kappa shape index (κ1) is 24.5. The molecule has 7 nitrogen and oxygen atoms in total. The van der Waals surface area contributed by atoms with Crippen molar-refractivity contribution in [2.45, 2.75) is 57.8 Å². The van der Waals surface area contributed by atoms with E-state index in [4.69, 9.17) is 4.98 Å². The van der Waals surface area contributed by atoms with Crippen LogP contribution in [-0.2, 0) is 12.7 Å². The molecule has 1 saturated heterocycles. The average Bonchev–Trinajstić information content (AvgIpc) is 3.47. The Morgan fingerprint density at radius 2 is 1.79 bits per heavy atom. The van der Waals surface area contributed by atoms with Crippen molar-refractivity contribution in [3.63, 3.8) is 0 Å². The Bertz CT molecular complexity index is 1490. The molecule has 4 aromatic rings. The summed E-state index contributed by atoms with van der Waals surface area (Å²) in [5, 5.41) is 3.04. The second kappa shape index (κ2) is 9.49. The summed E-state index contributed by atoms with van der Waals surface area (Å²) < 4.78 is 41.5. The van der Waals surface area contributed by atoms with E-state index in [0.717, 1.165) is 42.6 Å². The fourth-order valence-corrected chi connectivity index (χ4v) is 5.76. The number of fused-ring (bicyclic) bond motifs is 1. The number of hydrogen-bond donors (Lipinski definition) is 0. The summed E-state index contributed by atoms with van der Waals surface area (Å²) >= 11 is 0. The number of hydrogen-bond acceptors (Lipinski definition) is 6. The van der Waals surface area contributed by atoms with Gasteiger partial charge in [-0.15, -0.1) is 4.91 Å². The van der Waals surface area contributed by atoms with E-state index < -0.39 is 11.7 Å². The lowest BCUT2D eigenvalue weighted by Gasteiger charge is -2.37. The lowest BCUT2D eigenvalue weighted by atomic mass is 9.79. The summed E-state index contributed by atoms with van der Waals surface area (Å²) in [7, 11) is 0. The second-order valence-electron chi connectivity index (χ2n) is 10.3. The van der Waals surface area contributed by atoms with E-state index in [1.165, 1.54) is 31.4 Å². The van der Waals surface area contributed by atoms with Crippen molar-refractivity contribution in [1.29, 1.82) is 0 Å². The summed E-state index contributed by atoms with van der Waals surface area (Å²) in [4.78, 5) is 27.6. The smallest absolute Gasteiger partial charge is 0.351 e. The van der Waals surface area contributed by atoms with Gasteiger partial charge in [0.1, 0.15) is 11.3 Å². The van der Waals surface area contributed by atoms with E-state index in [-0.39, 0.29) is 12.5 Å². The number of rotatable bonds is 6. The molecule has 0 radical (unpaired) electrons. The molecule has 6 rings (SSSR count). The maximum atomic E-state index is 13.2. The molecule has 3 heterocycles. The molecule has 1 unspecified atom stereocenters. The fourth-order valence-electron chi connectivity index (χ4n) is 5.76. The number of aromatic nitrogens is 4. The van der Waals surface area contributed by atoms with Gasteiger partial charge in [0.25, 0.3) is 5.95 Å². The first-order chi connectivity index (χ1) is 18.3. The van der Waals surface area contributed by atoms with Gasteiger partial charge in [-0.3, -0.25) is 0 Å². The zero-order chi connectivity index (χ0) is 26.4. The first-order valence-electron chi connectivity index (χ1n) is 12.9. The van der Waals surface area contributed by atoms with Gasteiger partial charge in [0.15, 0.2) is 11.5 Å². The molecule has 2 aliphatic rings. The highest BCUT2D eigenvalue weighted by Crippen LogP contribution is 2.42. The van der Waals surface area contributed by atoms with Crippen LogP contribution in [0.15, 0.2) is 53.7 Å². The average molecular weight is 521 g/mol. The van der Waals surface area contributed by atoms with Gasteiger partial charge in [-0.1, -0.05) is 42.3 Å². The Morgan fingerprint density at radius 3 is 2.45 bits per heavy atom. The molecule has 0 bridgehead atoms. The minimum absolute atomic E-state index is 0.165. The monoisotopic (exact) mass is 520 g/mol. The third kappa shape index (κ3) is 4.41. The van der Waals surface area contributed by atoms with Gasteiger partial charge in [-0.25, -0.2) is 4.98 Å². The van der Waals surface area contributed by atoms with E-state index in [1.54, 1.807) is 0 Å². The van der Waals surface area contributed by atoms with Crippen LogP contribution in [0.5, 0.6) is 0 Å². The molecule has 1 atom stereocenters. The van der Waals surface area contributed by atoms with Crippen LogP contribution in [0.4, 0.5) is 24.9 Å². The number of halogens is 3. The predicted octanol–water partition coefficient (Wildman–Crippen LogP) is 7.04. The molecule has 2 aromatic carbocycles. The van der Waals surface area contributed by atoms with E-state index in [2.05, 4.69) is 20.0 Å². The van der Waals surface area contributed by atoms with Crippen LogP contribution in [0.25, 0.3) is 22.6 Å². The summed E-state index contributed by atoms with van der Waals surface area (Å²) in [6, 6.07) is 13.4. The van der Waals surface area contributed by atoms with Crippen molar-refractivity contribution in [3.05, 3.63) is 70.1 Å². The van der Waals surface area contributed by atoms with Gasteiger partial charge in [-0.2, -0.15) is 23.1 Å². The van der Waals surface area contributed by atoms with Gasteiger partial charge in [0.2, 0.25) is 0 Å². The lowest BCUT2D eigenvalue weighted by molar-refractivity contribution is -0.137. The van der Waals surface area contributed by atoms with Crippen LogP contribution in [0.3, 0.4) is 0 Å².